The molecular formula is C13H10ClN3. The van der Waals surface area contributed by atoms with Crippen molar-refractivity contribution in [2.75, 3.05) is 0 Å². The zero-order valence-electron chi connectivity index (χ0n) is 8.97. The standard InChI is InChI=1S/C13H10ClN3/c14-11-4-2-10(3-5-11)13(16)12-6-1-9(7-15)8-17-12/h1-6,8,13H,16H2/t13-/m1/s1. The van der Waals surface area contributed by atoms with E-state index in [0.29, 0.717) is 10.6 Å². The second kappa shape index (κ2) is 4.96. The van der Waals surface area contributed by atoms with Gasteiger partial charge in [0.25, 0.3) is 0 Å². The summed E-state index contributed by atoms with van der Waals surface area (Å²) in [5, 5.41) is 9.35. The molecular weight excluding hydrogens is 234 g/mol. The van der Waals surface area contributed by atoms with Gasteiger partial charge in [0.15, 0.2) is 0 Å². The molecule has 0 saturated carbocycles. The van der Waals surface area contributed by atoms with Gasteiger partial charge in [0.1, 0.15) is 6.07 Å². The Hall–Kier alpha value is -1.89. The van der Waals surface area contributed by atoms with Gasteiger partial charge in [-0.05, 0) is 29.8 Å². The van der Waals surface area contributed by atoms with Gasteiger partial charge in [-0.2, -0.15) is 5.26 Å². The third-order valence-corrected chi connectivity index (χ3v) is 2.72. The number of aromatic nitrogens is 1. The number of pyridine rings is 1. The number of nitriles is 1. The van der Waals surface area contributed by atoms with E-state index in [1.165, 1.54) is 6.20 Å². The van der Waals surface area contributed by atoms with E-state index in [9.17, 15) is 0 Å². The van der Waals surface area contributed by atoms with Gasteiger partial charge >= 0.3 is 0 Å². The molecule has 2 aromatic rings. The SMILES string of the molecule is N#Cc1ccc([C@H](N)c2ccc(Cl)cc2)nc1. The maximum absolute atomic E-state index is 8.68. The number of nitrogens with two attached hydrogens (primary N) is 1. The third kappa shape index (κ3) is 2.62. The lowest BCUT2D eigenvalue weighted by Crippen LogP contribution is -2.13. The van der Waals surface area contributed by atoms with Crippen LogP contribution in [0, 0.1) is 11.3 Å². The minimum absolute atomic E-state index is 0.306. The topological polar surface area (TPSA) is 62.7 Å². The lowest BCUT2D eigenvalue weighted by atomic mass is 10.0. The highest BCUT2D eigenvalue weighted by Crippen LogP contribution is 2.19. The van der Waals surface area contributed by atoms with Gasteiger partial charge in [-0.15, -0.1) is 0 Å². The second-order valence-electron chi connectivity index (χ2n) is 3.61. The van der Waals surface area contributed by atoms with Gasteiger partial charge in [-0.25, -0.2) is 0 Å². The van der Waals surface area contributed by atoms with Crippen LogP contribution in [0.25, 0.3) is 0 Å². The normalized spacial score (nSPS) is 11.8. The summed E-state index contributed by atoms with van der Waals surface area (Å²) in [5.41, 5.74) is 8.26. The van der Waals surface area contributed by atoms with E-state index in [-0.39, 0.29) is 6.04 Å². The highest BCUT2D eigenvalue weighted by atomic mass is 35.5. The predicted octanol–water partition coefficient (Wildman–Crippen LogP) is 2.65. The monoisotopic (exact) mass is 243 g/mol. The van der Waals surface area contributed by atoms with Crippen LogP contribution in [0.3, 0.4) is 0 Å². The van der Waals surface area contributed by atoms with Crippen molar-refractivity contribution in [3.8, 4) is 6.07 Å². The van der Waals surface area contributed by atoms with Crippen molar-refractivity contribution in [1.82, 2.24) is 4.98 Å². The molecule has 0 fully saturated rings. The van der Waals surface area contributed by atoms with Crippen LogP contribution in [0.2, 0.25) is 5.02 Å². The van der Waals surface area contributed by atoms with E-state index in [4.69, 9.17) is 22.6 Å². The zero-order valence-corrected chi connectivity index (χ0v) is 9.72. The Morgan fingerprint density at radius 2 is 1.88 bits per heavy atom. The number of benzene rings is 1. The third-order valence-electron chi connectivity index (χ3n) is 2.46. The minimum Gasteiger partial charge on any atom is -0.319 e. The summed E-state index contributed by atoms with van der Waals surface area (Å²) in [6.45, 7) is 0. The summed E-state index contributed by atoms with van der Waals surface area (Å²) < 4.78 is 0. The second-order valence-corrected chi connectivity index (χ2v) is 4.05. The van der Waals surface area contributed by atoms with Gasteiger partial charge in [0.05, 0.1) is 17.3 Å². The van der Waals surface area contributed by atoms with Crippen molar-refractivity contribution >= 4 is 11.6 Å². The molecule has 3 nitrogen and oxygen atoms in total. The van der Waals surface area contributed by atoms with Crippen LogP contribution in [0.5, 0.6) is 0 Å². The Balaban J connectivity index is 2.27. The zero-order chi connectivity index (χ0) is 12.3. The average Bonchev–Trinajstić information content (AvgIpc) is 2.39. The van der Waals surface area contributed by atoms with Crippen LogP contribution >= 0.6 is 11.6 Å². The average molecular weight is 244 g/mol. The van der Waals surface area contributed by atoms with Crippen LogP contribution < -0.4 is 5.73 Å². The molecule has 0 aliphatic carbocycles. The van der Waals surface area contributed by atoms with E-state index in [1.807, 2.05) is 18.2 Å². The number of halogens is 1. The first kappa shape index (κ1) is 11.6. The highest BCUT2D eigenvalue weighted by molar-refractivity contribution is 6.30. The Labute approximate surface area is 104 Å². The summed E-state index contributed by atoms with van der Waals surface area (Å²) in [6.07, 6.45) is 1.52. The molecule has 2 N–H and O–H groups in total. The fourth-order valence-electron chi connectivity index (χ4n) is 1.50. The molecule has 2 rings (SSSR count). The van der Waals surface area contributed by atoms with Crippen molar-refractivity contribution in [3.63, 3.8) is 0 Å². The summed E-state index contributed by atoms with van der Waals surface area (Å²) in [7, 11) is 0. The molecule has 0 aliphatic rings. The largest absolute Gasteiger partial charge is 0.319 e. The van der Waals surface area contributed by atoms with E-state index < -0.39 is 0 Å². The summed E-state index contributed by atoms with van der Waals surface area (Å²) in [4.78, 5) is 4.17. The fourth-order valence-corrected chi connectivity index (χ4v) is 1.62. The molecule has 0 saturated heterocycles. The van der Waals surface area contributed by atoms with E-state index in [1.54, 1.807) is 24.3 Å². The Morgan fingerprint density at radius 3 is 2.41 bits per heavy atom. The van der Waals surface area contributed by atoms with Crippen molar-refractivity contribution in [2.24, 2.45) is 5.73 Å². The minimum atomic E-state index is -0.306. The smallest absolute Gasteiger partial charge is 0.101 e. The van der Waals surface area contributed by atoms with Gasteiger partial charge < -0.3 is 5.73 Å². The van der Waals surface area contributed by atoms with Crippen LogP contribution in [0.15, 0.2) is 42.6 Å². The Kier molecular flexibility index (Phi) is 3.38. The van der Waals surface area contributed by atoms with E-state index in [2.05, 4.69) is 4.98 Å². The molecule has 0 bridgehead atoms. The first-order valence-corrected chi connectivity index (χ1v) is 5.45. The van der Waals surface area contributed by atoms with E-state index in [0.717, 1.165) is 11.3 Å². The summed E-state index contributed by atoms with van der Waals surface area (Å²) >= 11 is 5.81. The summed E-state index contributed by atoms with van der Waals surface area (Å²) in [6, 6.07) is 12.5. The number of hydrogen-bond acceptors (Lipinski definition) is 3. The number of hydrogen-bond donors (Lipinski definition) is 1. The van der Waals surface area contributed by atoms with Crippen molar-refractivity contribution in [1.29, 1.82) is 5.26 Å². The highest BCUT2D eigenvalue weighted by Gasteiger charge is 2.09. The van der Waals surface area contributed by atoms with Gasteiger partial charge in [-0.3, -0.25) is 4.98 Å². The molecule has 1 aromatic heterocycles. The van der Waals surface area contributed by atoms with Crippen molar-refractivity contribution in [2.45, 2.75) is 6.04 Å². The maximum atomic E-state index is 8.68. The van der Waals surface area contributed by atoms with Gasteiger partial charge in [0.2, 0.25) is 0 Å². The first-order chi connectivity index (χ1) is 8.20. The van der Waals surface area contributed by atoms with Gasteiger partial charge in [0, 0.05) is 11.2 Å². The number of rotatable bonds is 2. The summed E-state index contributed by atoms with van der Waals surface area (Å²) in [5.74, 6) is 0. The van der Waals surface area contributed by atoms with Crippen LogP contribution in [0.4, 0.5) is 0 Å². The fraction of sp³-hybridized carbons (Fsp3) is 0.0769. The molecule has 4 heteroatoms. The Bertz CT molecular complexity index is 540. The number of nitrogens with zero attached hydrogens (tertiary/aromatic N) is 2. The molecule has 0 unspecified atom stereocenters. The van der Waals surface area contributed by atoms with Crippen molar-refractivity contribution < 1.29 is 0 Å². The van der Waals surface area contributed by atoms with Gasteiger partial charge in [-0.1, -0.05) is 23.7 Å². The molecule has 0 spiro atoms. The first-order valence-electron chi connectivity index (χ1n) is 5.08. The van der Waals surface area contributed by atoms with Crippen molar-refractivity contribution in [3.05, 3.63) is 64.4 Å². The molecule has 0 radical (unpaired) electrons. The quantitative estimate of drug-likeness (QED) is 0.882. The van der Waals surface area contributed by atoms with E-state index >= 15 is 0 Å². The molecule has 1 heterocycles. The molecule has 1 atom stereocenters. The van der Waals surface area contributed by atoms with Crippen LogP contribution in [0.1, 0.15) is 22.9 Å². The molecule has 0 aliphatic heterocycles. The molecule has 1 aromatic carbocycles. The molecule has 17 heavy (non-hydrogen) atoms. The Morgan fingerprint density at radius 1 is 1.18 bits per heavy atom. The lowest BCUT2D eigenvalue weighted by molar-refractivity contribution is 0.828. The van der Waals surface area contributed by atoms with Crippen LogP contribution in [-0.2, 0) is 0 Å². The maximum Gasteiger partial charge on any atom is 0.101 e. The lowest BCUT2D eigenvalue weighted by Gasteiger charge is -2.11. The molecule has 0 amide bonds. The van der Waals surface area contributed by atoms with Crippen LogP contribution in [-0.4, -0.2) is 4.98 Å². The predicted molar refractivity (Wildman–Crippen MR) is 66.4 cm³/mol. The molecule has 84 valence electrons.